The van der Waals surface area contributed by atoms with Gasteiger partial charge in [-0.2, -0.15) is 4.98 Å². The van der Waals surface area contributed by atoms with Gasteiger partial charge in [-0.3, -0.25) is 0 Å². The van der Waals surface area contributed by atoms with E-state index in [4.69, 9.17) is 4.42 Å². The van der Waals surface area contributed by atoms with E-state index < -0.39 is 0 Å². The Morgan fingerprint density at radius 1 is 0.828 bits per heavy atom. The molecule has 1 aromatic heterocycles. The van der Waals surface area contributed by atoms with Crippen molar-refractivity contribution in [2.24, 2.45) is 11.8 Å². The number of thioether (sulfide) groups is 1. The molecule has 2 aliphatic heterocycles. The molecule has 2 aliphatic rings. The van der Waals surface area contributed by atoms with Crippen LogP contribution < -0.4 is 9.80 Å². The molecule has 0 spiro atoms. The molecular weight excluding hydrogens is 378 g/mol. The maximum absolute atomic E-state index is 5.97. The topological polar surface area (TPSA) is 32.5 Å². The van der Waals surface area contributed by atoms with Crippen molar-refractivity contribution < 1.29 is 4.42 Å². The normalized spacial score (nSPS) is 19.2. The van der Waals surface area contributed by atoms with Gasteiger partial charge in [0.1, 0.15) is 5.52 Å². The van der Waals surface area contributed by atoms with E-state index in [0.29, 0.717) is 0 Å². The Morgan fingerprint density at radius 2 is 1.45 bits per heavy atom. The number of piperidine rings is 2. The lowest BCUT2D eigenvalue weighted by atomic mass is 9.79. The molecule has 0 N–H and O–H groups in total. The SMILES string of the molecule is CSc1ccc(N2CCC(C3CCN(c4nc5ccccc5o4)CC3)CC2)cc1. The smallest absolute Gasteiger partial charge is 0.298 e. The van der Waals surface area contributed by atoms with E-state index in [1.54, 1.807) is 0 Å². The van der Waals surface area contributed by atoms with E-state index in [-0.39, 0.29) is 0 Å². The average Bonchev–Trinajstić information content (AvgIpc) is 3.24. The average molecular weight is 408 g/mol. The molecule has 2 saturated heterocycles. The maximum Gasteiger partial charge on any atom is 0.298 e. The molecule has 0 aliphatic carbocycles. The number of para-hydroxylation sites is 2. The molecule has 152 valence electrons. The molecule has 5 heteroatoms. The van der Waals surface area contributed by atoms with Gasteiger partial charge in [-0.1, -0.05) is 12.1 Å². The molecule has 0 saturated carbocycles. The van der Waals surface area contributed by atoms with Crippen LogP contribution in [-0.2, 0) is 0 Å². The number of rotatable bonds is 4. The molecular formula is C24H29N3OS. The second-order valence-corrected chi connectivity index (χ2v) is 9.19. The van der Waals surface area contributed by atoms with E-state index in [9.17, 15) is 0 Å². The Hall–Kier alpha value is -2.14. The lowest BCUT2D eigenvalue weighted by Crippen LogP contribution is -2.41. The summed E-state index contributed by atoms with van der Waals surface area (Å²) in [5, 5.41) is 0. The van der Waals surface area contributed by atoms with Crippen LogP contribution in [0, 0.1) is 11.8 Å². The van der Waals surface area contributed by atoms with Gasteiger partial charge < -0.3 is 14.2 Å². The minimum absolute atomic E-state index is 0.799. The van der Waals surface area contributed by atoms with Crippen LogP contribution in [-0.4, -0.2) is 37.4 Å². The third-order valence-corrected chi connectivity index (χ3v) is 7.48. The van der Waals surface area contributed by atoms with Gasteiger partial charge in [0, 0.05) is 36.8 Å². The van der Waals surface area contributed by atoms with Gasteiger partial charge in [-0.15, -0.1) is 11.8 Å². The maximum atomic E-state index is 5.97. The fraction of sp³-hybridized carbons (Fsp3) is 0.458. The fourth-order valence-electron chi connectivity index (χ4n) is 4.98. The zero-order chi connectivity index (χ0) is 19.6. The molecule has 3 heterocycles. The number of benzene rings is 2. The van der Waals surface area contributed by atoms with Crippen LogP contribution in [0.3, 0.4) is 0 Å². The summed E-state index contributed by atoms with van der Waals surface area (Å²) in [6.45, 7) is 4.50. The van der Waals surface area contributed by atoms with E-state index in [2.05, 4.69) is 45.3 Å². The largest absolute Gasteiger partial charge is 0.423 e. The molecule has 0 bridgehead atoms. The molecule has 2 aromatic carbocycles. The Kier molecular flexibility index (Phi) is 5.40. The van der Waals surface area contributed by atoms with E-state index >= 15 is 0 Å². The zero-order valence-corrected chi connectivity index (χ0v) is 17.9. The minimum atomic E-state index is 0.799. The van der Waals surface area contributed by atoms with Crippen LogP contribution in [0.15, 0.2) is 57.8 Å². The highest BCUT2D eigenvalue weighted by Crippen LogP contribution is 2.35. The van der Waals surface area contributed by atoms with Crippen molar-refractivity contribution in [2.75, 3.05) is 42.2 Å². The second-order valence-electron chi connectivity index (χ2n) is 8.31. The number of hydrogen-bond acceptors (Lipinski definition) is 5. The summed E-state index contributed by atoms with van der Waals surface area (Å²) in [5.41, 5.74) is 3.23. The zero-order valence-electron chi connectivity index (χ0n) is 17.1. The summed E-state index contributed by atoms with van der Waals surface area (Å²) < 4.78 is 5.97. The summed E-state index contributed by atoms with van der Waals surface area (Å²) in [6.07, 6.45) is 7.28. The Morgan fingerprint density at radius 3 is 2.07 bits per heavy atom. The highest BCUT2D eigenvalue weighted by molar-refractivity contribution is 7.98. The lowest BCUT2D eigenvalue weighted by molar-refractivity contribution is 0.230. The first-order valence-corrected chi connectivity index (χ1v) is 12.0. The third-order valence-electron chi connectivity index (χ3n) is 6.74. The number of aromatic nitrogens is 1. The van der Waals surface area contributed by atoms with Gasteiger partial charge in [0.2, 0.25) is 0 Å². The molecule has 0 radical (unpaired) electrons. The van der Waals surface area contributed by atoms with Gasteiger partial charge >= 0.3 is 0 Å². The minimum Gasteiger partial charge on any atom is -0.423 e. The van der Waals surface area contributed by atoms with Crippen molar-refractivity contribution >= 4 is 34.6 Å². The van der Waals surface area contributed by atoms with Crippen molar-refractivity contribution in [3.8, 4) is 0 Å². The predicted octanol–water partition coefficient (Wildman–Crippen LogP) is 5.68. The number of anilines is 2. The number of fused-ring (bicyclic) bond motifs is 1. The number of hydrogen-bond donors (Lipinski definition) is 0. The summed E-state index contributed by atoms with van der Waals surface area (Å²) in [6, 6.07) is 17.9. The fourth-order valence-corrected chi connectivity index (χ4v) is 5.39. The Bertz CT molecular complexity index is 905. The summed E-state index contributed by atoms with van der Waals surface area (Å²) in [4.78, 5) is 10.9. The van der Waals surface area contributed by atoms with Crippen molar-refractivity contribution in [1.82, 2.24) is 4.98 Å². The first kappa shape index (κ1) is 18.9. The first-order valence-electron chi connectivity index (χ1n) is 10.8. The molecule has 0 amide bonds. The van der Waals surface area contributed by atoms with Crippen molar-refractivity contribution in [1.29, 1.82) is 0 Å². The van der Waals surface area contributed by atoms with Crippen molar-refractivity contribution in [3.05, 3.63) is 48.5 Å². The van der Waals surface area contributed by atoms with Crippen LogP contribution in [0.2, 0.25) is 0 Å². The summed E-state index contributed by atoms with van der Waals surface area (Å²) in [7, 11) is 0. The van der Waals surface area contributed by atoms with Crippen molar-refractivity contribution in [3.63, 3.8) is 0 Å². The summed E-state index contributed by atoms with van der Waals surface area (Å²) in [5.74, 6) is 1.71. The van der Waals surface area contributed by atoms with E-state index in [0.717, 1.165) is 42.0 Å². The van der Waals surface area contributed by atoms with Gasteiger partial charge in [-0.05, 0) is 80.2 Å². The van der Waals surface area contributed by atoms with Crippen LogP contribution >= 0.6 is 11.8 Å². The van der Waals surface area contributed by atoms with Gasteiger partial charge in [0.15, 0.2) is 5.58 Å². The standard InChI is InChI=1S/C24H29N3OS/c1-29-21-8-6-20(7-9-21)26-14-10-18(11-15-26)19-12-16-27(17-13-19)24-25-22-4-2-3-5-23(22)28-24/h2-9,18-19H,10-17H2,1H3. The molecule has 0 atom stereocenters. The van der Waals surface area contributed by atoms with E-state index in [1.165, 1.54) is 49.4 Å². The van der Waals surface area contributed by atoms with Crippen LogP contribution in [0.4, 0.5) is 11.7 Å². The highest BCUT2D eigenvalue weighted by Gasteiger charge is 2.30. The Labute approximate surface area is 177 Å². The summed E-state index contributed by atoms with van der Waals surface area (Å²) >= 11 is 1.81. The Balaban J connectivity index is 1.14. The molecule has 4 nitrogen and oxygen atoms in total. The molecule has 2 fully saturated rings. The van der Waals surface area contributed by atoms with Gasteiger partial charge in [-0.25, -0.2) is 0 Å². The van der Waals surface area contributed by atoms with Crippen LogP contribution in [0.1, 0.15) is 25.7 Å². The lowest BCUT2D eigenvalue weighted by Gasteiger charge is -2.40. The molecule has 0 unspecified atom stereocenters. The highest BCUT2D eigenvalue weighted by atomic mass is 32.2. The van der Waals surface area contributed by atoms with Gasteiger partial charge in [0.25, 0.3) is 6.01 Å². The van der Waals surface area contributed by atoms with Gasteiger partial charge in [0.05, 0.1) is 0 Å². The van der Waals surface area contributed by atoms with E-state index in [1.807, 2.05) is 36.0 Å². The first-order chi connectivity index (χ1) is 14.3. The third kappa shape index (κ3) is 3.97. The second kappa shape index (κ2) is 8.31. The quantitative estimate of drug-likeness (QED) is 0.519. The monoisotopic (exact) mass is 407 g/mol. The van der Waals surface area contributed by atoms with Crippen LogP contribution in [0.5, 0.6) is 0 Å². The molecule has 3 aromatic rings. The molecule has 29 heavy (non-hydrogen) atoms. The predicted molar refractivity (Wildman–Crippen MR) is 122 cm³/mol. The number of oxazole rings is 1. The number of nitrogens with zero attached hydrogens (tertiary/aromatic N) is 3. The molecule has 5 rings (SSSR count). The van der Waals surface area contributed by atoms with Crippen LogP contribution in [0.25, 0.3) is 11.1 Å². The van der Waals surface area contributed by atoms with Crippen molar-refractivity contribution in [2.45, 2.75) is 30.6 Å².